The maximum absolute atomic E-state index is 12.9. The average Bonchev–Trinajstić information content (AvgIpc) is 3.10. The highest BCUT2D eigenvalue weighted by molar-refractivity contribution is 6.20. The lowest BCUT2D eigenvalue weighted by molar-refractivity contribution is 0.0973. The Hall–Kier alpha value is -3.39. The molecule has 134 valence electrons. The molecule has 2 heterocycles. The molecule has 2 aromatic heterocycles. The number of benzene rings is 3. The van der Waals surface area contributed by atoms with Gasteiger partial charge in [0.25, 0.3) is 0 Å². The molecule has 0 saturated heterocycles. The number of pyridine rings is 1. The van der Waals surface area contributed by atoms with Crippen LogP contribution in [-0.2, 0) is 6.42 Å². The molecule has 1 aliphatic rings. The molecule has 6 rings (SSSR count). The van der Waals surface area contributed by atoms with Crippen molar-refractivity contribution in [2.24, 2.45) is 0 Å². The first-order valence-electron chi connectivity index (χ1n) is 9.90. The normalized spacial score (nSPS) is 14.1. The highest BCUT2D eigenvalue weighted by atomic mass is 16.1. The lowest BCUT2D eigenvalue weighted by atomic mass is 9.89. The molecular weight excluding hydrogens is 342 g/mol. The zero-order valence-corrected chi connectivity index (χ0v) is 15.5. The molecule has 5 aromatic rings. The van der Waals surface area contributed by atoms with Gasteiger partial charge in [-0.1, -0.05) is 72.8 Å². The summed E-state index contributed by atoms with van der Waals surface area (Å²) in [6, 6.07) is 27.6. The van der Waals surface area contributed by atoms with Crippen LogP contribution in [-0.4, -0.2) is 10.2 Å². The number of hydrogen-bond donors (Lipinski definition) is 0. The number of nitrogens with zero attached hydrogens (tertiary/aromatic N) is 1. The summed E-state index contributed by atoms with van der Waals surface area (Å²) < 4.78 is 2.37. The Morgan fingerprint density at radius 1 is 0.643 bits per heavy atom. The SMILES string of the molecule is O=C1CCCc2c1c1ccccc1c1c(-c3ccccc3)c3ccccc3n21. The molecule has 0 amide bonds. The quantitative estimate of drug-likeness (QED) is 0.337. The molecular formula is C26H19NO. The van der Waals surface area contributed by atoms with E-state index in [1.165, 1.54) is 33.2 Å². The average molecular weight is 361 g/mol. The smallest absolute Gasteiger partial charge is 0.165 e. The van der Waals surface area contributed by atoms with Crippen LogP contribution in [0.15, 0.2) is 78.9 Å². The van der Waals surface area contributed by atoms with Gasteiger partial charge in [0.15, 0.2) is 5.78 Å². The molecule has 0 fully saturated rings. The van der Waals surface area contributed by atoms with Gasteiger partial charge in [-0.2, -0.15) is 0 Å². The van der Waals surface area contributed by atoms with E-state index in [9.17, 15) is 4.79 Å². The third-order valence-corrected chi connectivity index (χ3v) is 6.04. The zero-order valence-electron chi connectivity index (χ0n) is 15.5. The number of hydrogen-bond acceptors (Lipinski definition) is 1. The number of rotatable bonds is 1. The summed E-state index contributed by atoms with van der Waals surface area (Å²) in [5.41, 5.74) is 6.98. The van der Waals surface area contributed by atoms with Gasteiger partial charge >= 0.3 is 0 Å². The predicted octanol–water partition coefficient (Wildman–Crippen LogP) is 6.43. The van der Waals surface area contributed by atoms with Crippen LogP contribution in [0, 0.1) is 0 Å². The lowest BCUT2D eigenvalue weighted by Gasteiger charge is -2.21. The molecule has 0 spiro atoms. The van der Waals surface area contributed by atoms with Crippen molar-refractivity contribution >= 4 is 33.0 Å². The van der Waals surface area contributed by atoms with E-state index in [1.54, 1.807) is 0 Å². The topological polar surface area (TPSA) is 21.5 Å². The fourth-order valence-corrected chi connectivity index (χ4v) is 4.94. The highest BCUT2D eigenvalue weighted by Crippen LogP contribution is 2.42. The fraction of sp³-hybridized carbons (Fsp3) is 0.115. The summed E-state index contributed by atoms with van der Waals surface area (Å²) in [6.45, 7) is 0. The molecule has 0 radical (unpaired) electrons. The predicted molar refractivity (Wildman–Crippen MR) is 115 cm³/mol. The molecule has 1 aliphatic carbocycles. The number of Topliss-reactive ketones (excluding diaryl/α,β-unsaturated/α-hetero) is 1. The van der Waals surface area contributed by atoms with E-state index < -0.39 is 0 Å². The van der Waals surface area contributed by atoms with E-state index in [2.05, 4.69) is 77.2 Å². The molecule has 0 aliphatic heterocycles. The Balaban J connectivity index is 1.96. The van der Waals surface area contributed by atoms with Crippen LogP contribution in [0.3, 0.4) is 0 Å². The van der Waals surface area contributed by atoms with Gasteiger partial charge in [0.1, 0.15) is 0 Å². The van der Waals surface area contributed by atoms with Crippen molar-refractivity contribution in [1.29, 1.82) is 0 Å². The van der Waals surface area contributed by atoms with Gasteiger partial charge in [0.2, 0.25) is 0 Å². The summed E-state index contributed by atoms with van der Waals surface area (Å²) in [6.07, 6.45) is 2.51. The van der Waals surface area contributed by atoms with Crippen LogP contribution in [0.2, 0.25) is 0 Å². The second kappa shape index (κ2) is 5.80. The van der Waals surface area contributed by atoms with Crippen LogP contribution in [0.4, 0.5) is 0 Å². The summed E-state index contributed by atoms with van der Waals surface area (Å²) >= 11 is 0. The minimum Gasteiger partial charge on any atom is -0.312 e. The van der Waals surface area contributed by atoms with Crippen LogP contribution < -0.4 is 0 Å². The van der Waals surface area contributed by atoms with Crippen LogP contribution in [0.25, 0.3) is 38.3 Å². The standard InChI is InChI=1S/C26H19NO/c28-23-16-8-15-22-25(23)18-11-4-5-12-19(18)26-24(17-9-2-1-3-10-17)20-13-6-7-14-21(20)27(22)26/h1-7,9-14H,8,15-16H2. The fourth-order valence-electron chi connectivity index (χ4n) is 4.94. The molecule has 28 heavy (non-hydrogen) atoms. The Morgan fingerprint density at radius 3 is 2.14 bits per heavy atom. The lowest BCUT2D eigenvalue weighted by Crippen LogP contribution is -2.15. The van der Waals surface area contributed by atoms with E-state index in [0.29, 0.717) is 6.42 Å². The van der Waals surface area contributed by atoms with Gasteiger partial charge in [0, 0.05) is 34.0 Å². The number of carbonyl (C=O) groups excluding carboxylic acids is 1. The van der Waals surface area contributed by atoms with Crippen LogP contribution >= 0.6 is 0 Å². The Morgan fingerprint density at radius 2 is 1.32 bits per heavy atom. The highest BCUT2D eigenvalue weighted by Gasteiger charge is 2.26. The van der Waals surface area contributed by atoms with Crippen molar-refractivity contribution < 1.29 is 4.79 Å². The molecule has 0 unspecified atom stereocenters. The van der Waals surface area contributed by atoms with Crippen molar-refractivity contribution in [2.75, 3.05) is 0 Å². The summed E-state index contributed by atoms with van der Waals surface area (Å²) in [5, 5.41) is 3.49. The zero-order chi connectivity index (χ0) is 18.7. The van der Waals surface area contributed by atoms with Gasteiger partial charge in [-0.15, -0.1) is 0 Å². The molecule has 0 bridgehead atoms. The van der Waals surface area contributed by atoms with Gasteiger partial charge in [0.05, 0.1) is 11.0 Å². The minimum atomic E-state index is 0.276. The van der Waals surface area contributed by atoms with Crippen molar-refractivity contribution in [3.05, 3.63) is 90.1 Å². The third kappa shape index (κ3) is 2.00. The van der Waals surface area contributed by atoms with Crippen LogP contribution in [0.5, 0.6) is 0 Å². The van der Waals surface area contributed by atoms with E-state index in [4.69, 9.17) is 0 Å². The Kier molecular flexibility index (Phi) is 3.24. The minimum absolute atomic E-state index is 0.276. The number of para-hydroxylation sites is 1. The molecule has 2 heteroatoms. The van der Waals surface area contributed by atoms with Crippen molar-refractivity contribution in [3.8, 4) is 11.1 Å². The number of aryl methyl sites for hydroxylation is 1. The van der Waals surface area contributed by atoms with Crippen LogP contribution in [0.1, 0.15) is 28.9 Å². The van der Waals surface area contributed by atoms with Crippen molar-refractivity contribution in [3.63, 3.8) is 0 Å². The second-order valence-electron chi connectivity index (χ2n) is 7.59. The Bertz CT molecular complexity index is 1390. The summed E-state index contributed by atoms with van der Waals surface area (Å²) in [4.78, 5) is 12.9. The Labute approximate surface area is 163 Å². The number of fused-ring (bicyclic) bond motifs is 8. The van der Waals surface area contributed by atoms with Crippen molar-refractivity contribution in [2.45, 2.75) is 19.3 Å². The summed E-state index contributed by atoms with van der Waals surface area (Å²) in [5.74, 6) is 0.276. The van der Waals surface area contributed by atoms with E-state index >= 15 is 0 Å². The first-order chi connectivity index (χ1) is 13.8. The molecule has 0 atom stereocenters. The number of ketones is 1. The van der Waals surface area contributed by atoms with Gasteiger partial charge in [-0.25, -0.2) is 0 Å². The second-order valence-corrected chi connectivity index (χ2v) is 7.59. The van der Waals surface area contributed by atoms with Gasteiger partial charge in [-0.3, -0.25) is 4.79 Å². The monoisotopic (exact) mass is 361 g/mol. The van der Waals surface area contributed by atoms with E-state index in [1.807, 2.05) is 6.07 Å². The number of aromatic nitrogens is 1. The number of carbonyl (C=O) groups is 1. The van der Waals surface area contributed by atoms with Crippen molar-refractivity contribution in [1.82, 2.24) is 4.40 Å². The molecule has 2 nitrogen and oxygen atoms in total. The summed E-state index contributed by atoms with van der Waals surface area (Å²) in [7, 11) is 0. The third-order valence-electron chi connectivity index (χ3n) is 6.04. The molecule has 0 N–H and O–H groups in total. The van der Waals surface area contributed by atoms with Gasteiger partial charge in [-0.05, 0) is 29.9 Å². The maximum atomic E-state index is 12.9. The maximum Gasteiger partial charge on any atom is 0.165 e. The van der Waals surface area contributed by atoms with E-state index in [0.717, 1.165) is 29.2 Å². The molecule has 3 aromatic carbocycles. The van der Waals surface area contributed by atoms with Gasteiger partial charge < -0.3 is 4.40 Å². The first kappa shape index (κ1) is 15.6. The molecule has 0 saturated carbocycles. The van der Waals surface area contributed by atoms with E-state index in [-0.39, 0.29) is 5.78 Å². The first-order valence-corrected chi connectivity index (χ1v) is 9.90. The largest absolute Gasteiger partial charge is 0.312 e.